The summed E-state index contributed by atoms with van der Waals surface area (Å²) in [7, 11) is 0. The number of hydrogen-bond donors (Lipinski definition) is 0. The van der Waals surface area contributed by atoms with Crippen LogP contribution in [-0.4, -0.2) is 14.7 Å². The number of carbonyl (C=O) groups is 1. The van der Waals surface area contributed by atoms with Gasteiger partial charge in [-0.05, 0) is 54.5 Å². The molecule has 2 aromatic rings. The third-order valence-corrected chi connectivity index (χ3v) is 3.97. The van der Waals surface area contributed by atoms with Gasteiger partial charge in [0.05, 0.1) is 5.69 Å². The fourth-order valence-electron chi connectivity index (χ4n) is 1.07. The third kappa shape index (κ3) is 2.61. The Kier molecular flexibility index (Phi) is 3.58. The number of hydrogen-bond acceptors (Lipinski definition) is 5. The van der Waals surface area contributed by atoms with Crippen molar-refractivity contribution in [3.63, 3.8) is 0 Å². The zero-order valence-electron chi connectivity index (χ0n) is 8.31. The van der Waals surface area contributed by atoms with E-state index in [0.717, 1.165) is 28.2 Å². The van der Waals surface area contributed by atoms with Crippen LogP contribution in [0.15, 0.2) is 29.2 Å². The van der Waals surface area contributed by atoms with Crippen LogP contribution in [0, 0.1) is 6.92 Å². The van der Waals surface area contributed by atoms with E-state index in [4.69, 9.17) is 11.6 Å². The second-order valence-electron chi connectivity index (χ2n) is 3.03. The van der Waals surface area contributed by atoms with E-state index in [2.05, 4.69) is 9.59 Å². The molecule has 0 spiro atoms. The molecule has 1 aromatic carbocycles. The second kappa shape index (κ2) is 4.95. The van der Waals surface area contributed by atoms with Crippen LogP contribution >= 0.6 is 34.9 Å². The minimum Gasteiger partial charge on any atom is -0.280 e. The molecular formula is C10H7ClN2OS2. The summed E-state index contributed by atoms with van der Waals surface area (Å²) in [6, 6.07) is 7.15. The van der Waals surface area contributed by atoms with E-state index in [1.54, 1.807) is 19.1 Å². The van der Waals surface area contributed by atoms with E-state index in [9.17, 15) is 4.79 Å². The van der Waals surface area contributed by atoms with Crippen LogP contribution in [-0.2, 0) is 0 Å². The van der Waals surface area contributed by atoms with Gasteiger partial charge in [-0.1, -0.05) is 16.1 Å². The fourth-order valence-corrected chi connectivity index (χ4v) is 2.66. The standard InChI is InChI=1S/C10H7ClN2OS2/c1-6-9(16-13-12-6)10(14)15-8-4-2-7(11)3-5-8/h2-5H,1H3. The first kappa shape index (κ1) is 11.6. The summed E-state index contributed by atoms with van der Waals surface area (Å²) < 4.78 is 3.73. The predicted octanol–water partition coefficient (Wildman–Crippen LogP) is 3.43. The summed E-state index contributed by atoms with van der Waals surface area (Å²) >= 11 is 8.04. The Hall–Kier alpha value is -0.910. The number of aromatic nitrogens is 2. The van der Waals surface area contributed by atoms with Crippen molar-refractivity contribution in [2.45, 2.75) is 11.8 Å². The number of carbonyl (C=O) groups excluding carboxylic acids is 1. The van der Waals surface area contributed by atoms with Gasteiger partial charge in [-0.25, -0.2) is 0 Å². The van der Waals surface area contributed by atoms with Crippen LogP contribution < -0.4 is 0 Å². The topological polar surface area (TPSA) is 42.9 Å². The number of nitrogens with zero attached hydrogens (tertiary/aromatic N) is 2. The molecule has 0 bridgehead atoms. The summed E-state index contributed by atoms with van der Waals surface area (Å²) in [6.45, 7) is 1.78. The highest BCUT2D eigenvalue weighted by atomic mass is 35.5. The molecule has 0 atom stereocenters. The van der Waals surface area contributed by atoms with Gasteiger partial charge in [0, 0.05) is 9.92 Å². The van der Waals surface area contributed by atoms with Crippen molar-refractivity contribution in [3.05, 3.63) is 39.9 Å². The van der Waals surface area contributed by atoms with Gasteiger partial charge in [-0.3, -0.25) is 4.79 Å². The molecule has 0 saturated heterocycles. The smallest absolute Gasteiger partial charge is 0.237 e. The minimum absolute atomic E-state index is 0.0326. The fraction of sp³-hybridized carbons (Fsp3) is 0.100. The molecule has 0 radical (unpaired) electrons. The lowest BCUT2D eigenvalue weighted by Gasteiger charge is -1.98. The number of aryl methyl sites for hydroxylation is 1. The van der Waals surface area contributed by atoms with Gasteiger partial charge in [0.1, 0.15) is 4.88 Å². The molecule has 3 nitrogen and oxygen atoms in total. The Labute approximate surface area is 106 Å². The van der Waals surface area contributed by atoms with Crippen LogP contribution in [0.1, 0.15) is 15.4 Å². The molecule has 0 fully saturated rings. The molecule has 0 N–H and O–H groups in total. The maximum Gasteiger partial charge on any atom is 0.237 e. The highest BCUT2D eigenvalue weighted by Gasteiger charge is 2.14. The molecule has 0 aliphatic rings. The van der Waals surface area contributed by atoms with Gasteiger partial charge in [-0.2, -0.15) is 0 Å². The van der Waals surface area contributed by atoms with Gasteiger partial charge < -0.3 is 0 Å². The SMILES string of the molecule is Cc1nnsc1C(=O)Sc1ccc(Cl)cc1. The molecule has 16 heavy (non-hydrogen) atoms. The lowest BCUT2D eigenvalue weighted by Crippen LogP contribution is -1.92. The van der Waals surface area contributed by atoms with Crippen molar-refractivity contribution in [1.29, 1.82) is 0 Å². The van der Waals surface area contributed by atoms with Crippen LogP contribution in [0.25, 0.3) is 0 Å². The molecule has 0 aliphatic carbocycles. The number of halogens is 1. The summed E-state index contributed by atoms with van der Waals surface area (Å²) in [5.74, 6) is 0. The Balaban J connectivity index is 2.14. The minimum atomic E-state index is -0.0326. The van der Waals surface area contributed by atoms with Crippen LogP contribution in [0.2, 0.25) is 5.02 Å². The van der Waals surface area contributed by atoms with E-state index >= 15 is 0 Å². The first-order chi connectivity index (χ1) is 7.66. The molecule has 1 heterocycles. The zero-order chi connectivity index (χ0) is 11.5. The van der Waals surface area contributed by atoms with Crippen molar-refractivity contribution in [1.82, 2.24) is 9.59 Å². The van der Waals surface area contributed by atoms with E-state index in [-0.39, 0.29) is 5.12 Å². The van der Waals surface area contributed by atoms with Crippen molar-refractivity contribution < 1.29 is 4.79 Å². The third-order valence-electron chi connectivity index (χ3n) is 1.86. The number of thioether (sulfide) groups is 1. The summed E-state index contributed by atoms with van der Waals surface area (Å²) in [4.78, 5) is 13.3. The molecule has 82 valence electrons. The molecule has 0 saturated carbocycles. The lowest BCUT2D eigenvalue weighted by atomic mass is 10.4. The van der Waals surface area contributed by atoms with Crippen molar-refractivity contribution in [3.8, 4) is 0 Å². The summed E-state index contributed by atoms with van der Waals surface area (Å²) in [5.41, 5.74) is 0.677. The van der Waals surface area contributed by atoms with Crippen molar-refractivity contribution in [2.75, 3.05) is 0 Å². The normalized spacial score (nSPS) is 10.4. The average Bonchev–Trinajstić information content (AvgIpc) is 2.68. The maximum atomic E-state index is 11.8. The van der Waals surface area contributed by atoms with Crippen LogP contribution in [0.4, 0.5) is 0 Å². The summed E-state index contributed by atoms with van der Waals surface area (Å²) in [6.07, 6.45) is 0. The monoisotopic (exact) mass is 270 g/mol. The van der Waals surface area contributed by atoms with Gasteiger partial charge in [-0.15, -0.1) is 5.10 Å². The van der Waals surface area contributed by atoms with E-state index in [1.165, 1.54) is 0 Å². The van der Waals surface area contributed by atoms with E-state index in [0.29, 0.717) is 15.6 Å². The molecule has 0 aliphatic heterocycles. The summed E-state index contributed by atoms with van der Waals surface area (Å²) in [5, 5.41) is 4.43. The Bertz CT molecular complexity index is 510. The Morgan fingerprint density at radius 2 is 2.06 bits per heavy atom. The van der Waals surface area contributed by atoms with Gasteiger partial charge in [0.15, 0.2) is 0 Å². The molecular weight excluding hydrogens is 264 g/mol. The maximum absolute atomic E-state index is 11.8. The van der Waals surface area contributed by atoms with Crippen LogP contribution in [0.5, 0.6) is 0 Å². The first-order valence-electron chi connectivity index (χ1n) is 4.43. The molecule has 6 heteroatoms. The van der Waals surface area contributed by atoms with Gasteiger partial charge >= 0.3 is 0 Å². The van der Waals surface area contributed by atoms with E-state index in [1.807, 2.05) is 12.1 Å². The number of rotatable bonds is 2. The first-order valence-corrected chi connectivity index (χ1v) is 6.40. The van der Waals surface area contributed by atoms with Crippen molar-refractivity contribution in [2.24, 2.45) is 0 Å². The van der Waals surface area contributed by atoms with Gasteiger partial charge in [0.25, 0.3) is 0 Å². The molecule has 0 unspecified atom stereocenters. The zero-order valence-corrected chi connectivity index (χ0v) is 10.7. The average molecular weight is 271 g/mol. The second-order valence-corrected chi connectivity index (χ2v) is 5.27. The quantitative estimate of drug-likeness (QED) is 0.784. The van der Waals surface area contributed by atoms with Gasteiger partial charge in [0.2, 0.25) is 5.12 Å². The highest BCUT2D eigenvalue weighted by molar-refractivity contribution is 8.14. The largest absolute Gasteiger partial charge is 0.280 e. The Morgan fingerprint density at radius 3 is 2.62 bits per heavy atom. The van der Waals surface area contributed by atoms with Crippen molar-refractivity contribution >= 4 is 40.0 Å². The Morgan fingerprint density at radius 1 is 1.38 bits per heavy atom. The van der Waals surface area contributed by atoms with E-state index < -0.39 is 0 Å². The number of benzene rings is 1. The molecule has 0 amide bonds. The predicted molar refractivity (Wildman–Crippen MR) is 66.3 cm³/mol. The molecule has 2 rings (SSSR count). The molecule has 1 aromatic heterocycles. The lowest BCUT2D eigenvalue weighted by molar-refractivity contribution is 0.109. The van der Waals surface area contributed by atoms with Crippen LogP contribution in [0.3, 0.4) is 0 Å². The highest BCUT2D eigenvalue weighted by Crippen LogP contribution is 2.26.